The highest BCUT2D eigenvalue weighted by molar-refractivity contribution is 5.89. The second kappa shape index (κ2) is 5.09. The fraction of sp³-hybridized carbons (Fsp3) is 0. The number of carboxylic acid groups (broad SMARTS) is 1. The van der Waals surface area contributed by atoms with Crippen molar-refractivity contribution in [3.63, 3.8) is 0 Å². The first-order chi connectivity index (χ1) is 7.66. The van der Waals surface area contributed by atoms with Gasteiger partial charge < -0.3 is 16.3 Å². The van der Waals surface area contributed by atoms with Gasteiger partial charge in [-0.15, -0.1) is 0 Å². The Bertz CT molecular complexity index is 524. The van der Waals surface area contributed by atoms with Crippen LogP contribution in [0.2, 0.25) is 0 Å². The van der Waals surface area contributed by atoms with Crippen LogP contribution in [0.15, 0.2) is 42.6 Å². The summed E-state index contributed by atoms with van der Waals surface area (Å²) in [5.74, 6) is -0.497. The summed E-state index contributed by atoms with van der Waals surface area (Å²) in [5.41, 5.74) is 7.39. The summed E-state index contributed by atoms with van der Waals surface area (Å²) < 4.78 is 0. The molecule has 0 spiro atoms. The van der Waals surface area contributed by atoms with Gasteiger partial charge in [0, 0.05) is 11.8 Å². The van der Waals surface area contributed by atoms with Crippen LogP contribution in [-0.2, 0) is 0 Å². The molecule has 2 aromatic rings. The number of nitrogens with two attached hydrogens (primary N) is 1. The van der Waals surface area contributed by atoms with Crippen molar-refractivity contribution >= 4 is 11.8 Å². The van der Waals surface area contributed by atoms with Crippen LogP contribution in [0.1, 0.15) is 10.4 Å². The molecule has 0 aliphatic heterocycles. The maximum absolute atomic E-state index is 10.8. The van der Waals surface area contributed by atoms with Crippen LogP contribution in [0.25, 0.3) is 11.1 Å². The van der Waals surface area contributed by atoms with E-state index in [4.69, 9.17) is 10.8 Å². The molecule has 5 nitrogen and oxygen atoms in total. The number of hydrogen-bond acceptors (Lipinski definition) is 3. The van der Waals surface area contributed by atoms with Gasteiger partial charge >= 0.3 is 5.97 Å². The number of benzene rings is 1. The Morgan fingerprint density at radius 1 is 1.18 bits per heavy atom. The topological polar surface area (TPSA) is 108 Å². The van der Waals surface area contributed by atoms with Gasteiger partial charge in [-0.05, 0) is 29.8 Å². The van der Waals surface area contributed by atoms with E-state index in [2.05, 4.69) is 4.98 Å². The first-order valence-corrected chi connectivity index (χ1v) is 4.72. The maximum atomic E-state index is 10.8. The van der Waals surface area contributed by atoms with Crippen molar-refractivity contribution in [3.05, 3.63) is 48.2 Å². The van der Waals surface area contributed by atoms with Gasteiger partial charge in [0.1, 0.15) is 5.82 Å². The number of rotatable bonds is 2. The summed E-state index contributed by atoms with van der Waals surface area (Å²) in [7, 11) is 0. The predicted octanol–water partition coefficient (Wildman–Crippen LogP) is 1.20. The zero-order chi connectivity index (χ0) is 11.5. The van der Waals surface area contributed by atoms with Crippen molar-refractivity contribution in [1.29, 1.82) is 0 Å². The lowest BCUT2D eigenvalue weighted by Crippen LogP contribution is -1.96. The van der Waals surface area contributed by atoms with Gasteiger partial charge in [-0.2, -0.15) is 0 Å². The Morgan fingerprint density at radius 3 is 2.53 bits per heavy atom. The van der Waals surface area contributed by atoms with E-state index in [1.165, 1.54) is 0 Å². The third kappa shape index (κ3) is 2.79. The number of aromatic carboxylic acids is 1. The van der Waals surface area contributed by atoms with E-state index in [9.17, 15) is 4.79 Å². The summed E-state index contributed by atoms with van der Waals surface area (Å²) in [6.07, 6.45) is 1.62. The highest BCUT2D eigenvalue weighted by atomic mass is 16.4. The first-order valence-electron chi connectivity index (χ1n) is 4.72. The molecule has 0 bridgehead atoms. The highest BCUT2D eigenvalue weighted by Gasteiger charge is 2.04. The Kier molecular flexibility index (Phi) is 3.79. The van der Waals surface area contributed by atoms with Crippen LogP contribution in [0, 0.1) is 0 Å². The molecule has 2 rings (SSSR count). The molecule has 88 valence electrons. The third-order valence-corrected chi connectivity index (χ3v) is 2.23. The molecule has 0 aliphatic carbocycles. The molecular weight excluding hydrogens is 220 g/mol. The lowest BCUT2D eigenvalue weighted by atomic mass is 10.1. The van der Waals surface area contributed by atoms with Gasteiger partial charge in [0.25, 0.3) is 0 Å². The fourth-order valence-corrected chi connectivity index (χ4v) is 1.41. The van der Waals surface area contributed by atoms with Crippen molar-refractivity contribution in [3.8, 4) is 11.1 Å². The van der Waals surface area contributed by atoms with Gasteiger partial charge in [0.05, 0.1) is 5.56 Å². The number of carbonyl (C=O) groups is 1. The van der Waals surface area contributed by atoms with Crippen LogP contribution in [0.5, 0.6) is 0 Å². The summed E-state index contributed by atoms with van der Waals surface area (Å²) in [6.45, 7) is 0. The molecule has 0 aliphatic rings. The van der Waals surface area contributed by atoms with E-state index in [0.717, 1.165) is 11.1 Å². The quantitative estimate of drug-likeness (QED) is 0.810. The Balaban J connectivity index is 0.00000144. The van der Waals surface area contributed by atoms with E-state index >= 15 is 0 Å². The lowest BCUT2D eigenvalue weighted by molar-refractivity contribution is 0.0697. The molecule has 0 saturated carbocycles. The summed E-state index contributed by atoms with van der Waals surface area (Å²) in [6, 6.07) is 10.2. The summed E-state index contributed by atoms with van der Waals surface area (Å²) >= 11 is 0. The molecule has 0 radical (unpaired) electrons. The van der Waals surface area contributed by atoms with Crippen molar-refractivity contribution in [2.45, 2.75) is 0 Å². The molecule has 5 heteroatoms. The number of nitrogens with zero attached hydrogens (tertiary/aromatic N) is 1. The largest absolute Gasteiger partial charge is 0.478 e. The van der Waals surface area contributed by atoms with Crippen LogP contribution in [0.4, 0.5) is 5.82 Å². The molecule has 1 heterocycles. The van der Waals surface area contributed by atoms with Gasteiger partial charge in [-0.1, -0.05) is 12.1 Å². The Morgan fingerprint density at radius 2 is 1.94 bits per heavy atom. The van der Waals surface area contributed by atoms with Crippen molar-refractivity contribution in [1.82, 2.24) is 4.98 Å². The number of hydrogen-bond donors (Lipinski definition) is 2. The van der Waals surface area contributed by atoms with Crippen LogP contribution in [0.3, 0.4) is 0 Å². The molecule has 0 saturated heterocycles. The second-order valence-corrected chi connectivity index (χ2v) is 3.36. The molecule has 0 atom stereocenters. The van der Waals surface area contributed by atoms with Gasteiger partial charge in [0.15, 0.2) is 0 Å². The number of pyridine rings is 1. The van der Waals surface area contributed by atoms with Crippen LogP contribution in [-0.4, -0.2) is 21.5 Å². The molecule has 17 heavy (non-hydrogen) atoms. The zero-order valence-electron chi connectivity index (χ0n) is 8.92. The van der Waals surface area contributed by atoms with Crippen molar-refractivity contribution in [2.75, 3.05) is 5.73 Å². The lowest BCUT2D eigenvalue weighted by Gasteiger charge is -2.02. The molecule has 0 fully saturated rings. The van der Waals surface area contributed by atoms with Crippen molar-refractivity contribution < 1.29 is 15.4 Å². The average Bonchev–Trinajstić information content (AvgIpc) is 2.30. The monoisotopic (exact) mass is 232 g/mol. The minimum Gasteiger partial charge on any atom is -0.478 e. The third-order valence-electron chi connectivity index (χ3n) is 2.23. The van der Waals surface area contributed by atoms with E-state index < -0.39 is 5.97 Å². The minimum atomic E-state index is -0.940. The van der Waals surface area contributed by atoms with E-state index in [0.29, 0.717) is 5.82 Å². The fourth-order valence-electron chi connectivity index (χ4n) is 1.41. The molecule has 5 N–H and O–H groups in total. The zero-order valence-corrected chi connectivity index (χ0v) is 8.92. The summed E-state index contributed by atoms with van der Waals surface area (Å²) in [5, 5.41) is 8.86. The number of carboxylic acids is 1. The minimum absolute atomic E-state index is 0. The highest BCUT2D eigenvalue weighted by Crippen LogP contribution is 2.20. The molecule has 1 aromatic carbocycles. The average molecular weight is 232 g/mol. The van der Waals surface area contributed by atoms with Crippen LogP contribution >= 0.6 is 0 Å². The van der Waals surface area contributed by atoms with E-state index in [1.807, 2.05) is 12.1 Å². The van der Waals surface area contributed by atoms with Crippen molar-refractivity contribution in [2.24, 2.45) is 0 Å². The van der Waals surface area contributed by atoms with Crippen LogP contribution < -0.4 is 5.73 Å². The van der Waals surface area contributed by atoms with Gasteiger partial charge in [-0.25, -0.2) is 9.78 Å². The van der Waals surface area contributed by atoms with Gasteiger partial charge in [0.2, 0.25) is 0 Å². The standard InChI is InChI=1S/C12H10N2O2.H2O/c13-11-5-4-10(7-14-11)8-2-1-3-9(6-8)12(15)16;/h1-7H,(H2,13,14)(H,15,16);1H2. The molecular formula is C12H12N2O3. The number of nitrogen functional groups attached to an aromatic ring is 1. The predicted molar refractivity (Wildman–Crippen MR) is 64.7 cm³/mol. The smallest absolute Gasteiger partial charge is 0.335 e. The normalized spacial score (nSPS) is 9.41. The second-order valence-electron chi connectivity index (χ2n) is 3.36. The molecule has 0 unspecified atom stereocenters. The maximum Gasteiger partial charge on any atom is 0.335 e. The SMILES string of the molecule is Nc1ccc(-c2cccc(C(=O)O)c2)cn1.O. The molecule has 0 amide bonds. The first kappa shape index (κ1) is 12.7. The van der Waals surface area contributed by atoms with Gasteiger partial charge in [-0.3, -0.25) is 0 Å². The molecule has 1 aromatic heterocycles. The number of aromatic nitrogens is 1. The number of anilines is 1. The Labute approximate surface area is 97.8 Å². The summed E-state index contributed by atoms with van der Waals surface area (Å²) in [4.78, 5) is 14.8. The van der Waals surface area contributed by atoms with E-state index in [1.54, 1.807) is 30.5 Å². The van der Waals surface area contributed by atoms with E-state index in [-0.39, 0.29) is 11.0 Å². The Hall–Kier alpha value is -2.40.